The van der Waals surface area contributed by atoms with Gasteiger partial charge < -0.3 is 0 Å². The molecule has 1 aliphatic heterocycles. The van der Waals surface area contributed by atoms with Gasteiger partial charge in [-0.1, -0.05) is 72.3 Å². The number of hydrogen-bond donors (Lipinski definition) is 0. The van der Waals surface area contributed by atoms with Crippen molar-refractivity contribution in [3.05, 3.63) is 101 Å². The number of carbonyl (C=O) groups excluding carboxylic acids is 1. The predicted octanol–water partition coefficient (Wildman–Crippen LogP) is 4.72. The van der Waals surface area contributed by atoms with E-state index in [2.05, 4.69) is 12.1 Å². The average Bonchev–Trinajstić information content (AvgIpc) is 2.80. The van der Waals surface area contributed by atoms with E-state index in [4.69, 9.17) is 0 Å². The molecule has 3 aromatic carbocycles. The van der Waals surface area contributed by atoms with Crippen LogP contribution in [0.3, 0.4) is 0 Å². The average molecular weight is 432 g/mol. The summed E-state index contributed by atoms with van der Waals surface area (Å²) in [4.78, 5) is 13.4. The maximum atomic E-state index is 13.8. The molecule has 5 rings (SSSR count). The van der Waals surface area contributed by atoms with Crippen LogP contribution < -0.4 is 0 Å². The molecule has 0 amide bonds. The Balaban J connectivity index is 1.72. The maximum Gasteiger partial charge on any atom is 0.243 e. The number of carbonyl (C=O) groups is 1. The molecular weight excluding hydrogens is 406 g/mol. The molecule has 1 heterocycles. The Morgan fingerprint density at radius 1 is 0.903 bits per heavy atom. The van der Waals surface area contributed by atoms with Crippen molar-refractivity contribution in [2.24, 2.45) is 0 Å². The first-order chi connectivity index (χ1) is 14.9. The highest BCUT2D eigenvalue weighted by Gasteiger charge is 2.54. The largest absolute Gasteiger partial charge is 0.294 e. The van der Waals surface area contributed by atoms with E-state index in [0.717, 1.165) is 35.1 Å². The van der Waals surface area contributed by atoms with Crippen molar-refractivity contribution in [1.29, 1.82) is 0 Å². The molecule has 2 atom stereocenters. The highest BCUT2D eigenvalue weighted by molar-refractivity contribution is 7.89. The fourth-order valence-electron chi connectivity index (χ4n) is 5.43. The molecule has 1 fully saturated rings. The van der Waals surface area contributed by atoms with E-state index < -0.39 is 21.5 Å². The SMILES string of the molecule is Cc1ccc(S(=O)(=O)N2CCCC3(c4ccccc4)c4ccccc4C(=O)CC23)cc1. The fraction of sp³-hybridized carbons (Fsp3) is 0.269. The minimum atomic E-state index is -3.74. The third kappa shape index (κ3) is 3.07. The van der Waals surface area contributed by atoms with Gasteiger partial charge in [-0.15, -0.1) is 0 Å². The van der Waals surface area contributed by atoms with Crippen molar-refractivity contribution in [2.45, 2.75) is 42.5 Å². The molecule has 1 saturated heterocycles. The first-order valence-electron chi connectivity index (χ1n) is 10.7. The Morgan fingerprint density at radius 2 is 1.58 bits per heavy atom. The quantitative estimate of drug-likeness (QED) is 0.603. The van der Waals surface area contributed by atoms with Gasteiger partial charge in [-0.25, -0.2) is 8.42 Å². The number of fused-ring (bicyclic) bond motifs is 3. The predicted molar refractivity (Wildman–Crippen MR) is 121 cm³/mol. The van der Waals surface area contributed by atoms with Crippen molar-refractivity contribution < 1.29 is 13.2 Å². The summed E-state index contributed by atoms with van der Waals surface area (Å²) in [7, 11) is -3.74. The molecule has 0 radical (unpaired) electrons. The number of ketones is 1. The molecule has 0 bridgehead atoms. The zero-order valence-corrected chi connectivity index (χ0v) is 18.3. The molecule has 0 spiro atoms. The number of nitrogens with zero attached hydrogens (tertiary/aromatic N) is 1. The molecule has 5 heteroatoms. The summed E-state index contributed by atoms with van der Waals surface area (Å²) in [6.45, 7) is 2.36. The van der Waals surface area contributed by atoms with Gasteiger partial charge in [0.05, 0.1) is 4.90 Å². The topological polar surface area (TPSA) is 54.5 Å². The number of piperidine rings is 1. The van der Waals surface area contributed by atoms with Crippen LogP contribution in [0.15, 0.2) is 83.8 Å². The molecule has 0 saturated carbocycles. The maximum absolute atomic E-state index is 13.8. The van der Waals surface area contributed by atoms with Crippen LogP contribution in [-0.4, -0.2) is 31.1 Å². The van der Waals surface area contributed by atoms with Gasteiger partial charge in [0, 0.05) is 30.0 Å². The number of benzene rings is 3. The van der Waals surface area contributed by atoms with Crippen molar-refractivity contribution in [3.63, 3.8) is 0 Å². The Bertz CT molecular complexity index is 1240. The lowest BCUT2D eigenvalue weighted by molar-refractivity contribution is 0.0840. The molecule has 1 aliphatic carbocycles. The van der Waals surface area contributed by atoms with Crippen molar-refractivity contribution in [3.8, 4) is 0 Å². The van der Waals surface area contributed by atoms with Gasteiger partial charge in [0.2, 0.25) is 10.0 Å². The molecule has 0 N–H and O–H groups in total. The number of rotatable bonds is 3. The van der Waals surface area contributed by atoms with Gasteiger partial charge in [0.15, 0.2) is 5.78 Å². The van der Waals surface area contributed by atoms with E-state index in [9.17, 15) is 13.2 Å². The Kier molecular flexibility index (Phi) is 4.83. The first kappa shape index (κ1) is 20.2. The highest BCUT2D eigenvalue weighted by Crippen LogP contribution is 2.51. The van der Waals surface area contributed by atoms with Crippen LogP contribution in [0.1, 0.15) is 46.3 Å². The smallest absolute Gasteiger partial charge is 0.243 e. The second kappa shape index (κ2) is 7.43. The van der Waals surface area contributed by atoms with Crippen LogP contribution in [0.2, 0.25) is 0 Å². The summed E-state index contributed by atoms with van der Waals surface area (Å²) in [5, 5.41) is 0. The third-order valence-electron chi connectivity index (χ3n) is 6.87. The standard InChI is InChI=1S/C26H25NO3S/c1-19-12-14-21(15-13-19)31(29,30)27-17-7-16-26(20-8-3-2-4-9-20)23-11-6-5-10-22(23)24(28)18-25(26)27/h2-6,8-15,25H,7,16-18H2,1H3. The van der Waals surface area contributed by atoms with Gasteiger partial charge >= 0.3 is 0 Å². The van der Waals surface area contributed by atoms with E-state index in [1.807, 2.05) is 61.5 Å². The number of Topliss-reactive ketones (excluding diaryl/α,β-unsaturated/α-hetero) is 1. The minimum absolute atomic E-state index is 0.0122. The third-order valence-corrected chi connectivity index (χ3v) is 8.79. The molecule has 2 aliphatic rings. The van der Waals surface area contributed by atoms with E-state index in [1.165, 1.54) is 0 Å². The van der Waals surface area contributed by atoms with Crippen molar-refractivity contribution in [1.82, 2.24) is 4.31 Å². The van der Waals surface area contributed by atoms with Crippen LogP contribution in [0.5, 0.6) is 0 Å². The Morgan fingerprint density at radius 3 is 2.32 bits per heavy atom. The van der Waals surface area contributed by atoms with Crippen LogP contribution in [0.4, 0.5) is 0 Å². The van der Waals surface area contributed by atoms with E-state index in [-0.39, 0.29) is 17.1 Å². The molecule has 158 valence electrons. The van der Waals surface area contributed by atoms with Crippen LogP contribution in [-0.2, 0) is 15.4 Å². The summed E-state index contributed by atoms with van der Waals surface area (Å²) in [5.41, 5.74) is 3.21. The van der Waals surface area contributed by atoms with Gasteiger partial charge in [0.25, 0.3) is 0 Å². The summed E-state index contributed by atoms with van der Waals surface area (Å²) in [6.07, 6.45) is 1.74. The second-order valence-corrected chi connectivity index (χ2v) is 10.4. The zero-order valence-electron chi connectivity index (χ0n) is 17.5. The fourth-order valence-corrected chi connectivity index (χ4v) is 7.14. The molecular formula is C26H25NO3S. The molecule has 31 heavy (non-hydrogen) atoms. The number of hydrogen-bond acceptors (Lipinski definition) is 3. The molecule has 0 aromatic heterocycles. The Hall–Kier alpha value is -2.76. The van der Waals surface area contributed by atoms with Crippen molar-refractivity contribution in [2.75, 3.05) is 6.54 Å². The van der Waals surface area contributed by atoms with Gasteiger partial charge in [-0.3, -0.25) is 4.79 Å². The van der Waals surface area contributed by atoms with Gasteiger partial charge in [-0.2, -0.15) is 4.31 Å². The summed E-state index contributed by atoms with van der Waals surface area (Å²) in [5.74, 6) is 0.0122. The minimum Gasteiger partial charge on any atom is -0.294 e. The number of sulfonamides is 1. The Labute approximate surface area is 183 Å². The van der Waals surface area contributed by atoms with E-state index in [1.54, 1.807) is 16.4 Å². The number of aryl methyl sites for hydroxylation is 1. The monoisotopic (exact) mass is 431 g/mol. The van der Waals surface area contributed by atoms with E-state index in [0.29, 0.717) is 6.54 Å². The van der Waals surface area contributed by atoms with Gasteiger partial charge in [-0.05, 0) is 43.0 Å². The van der Waals surface area contributed by atoms with Gasteiger partial charge in [0.1, 0.15) is 0 Å². The molecule has 4 nitrogen and oxygen atoms in total. The zero-order chi connectivity index (χ0) is 21.6. The lowest BCUT2D eigenvalue weighted by Crippen LogP contribution is -2.60. The summed E-state index contributed by atoms with van der Waals surface area (Å²) >= 11 is 0. The lowest BCUT2D eigenvalue weighted by atomic mass is 9.59. The highest BCUT2D eigenvalue weighted by atomic mass is 32.2. The van der Waals surface area contributed by atoms with Crippen molar-refractivity contribution >= 4 is 15.8 Å². The summed E-state index contributed by atoms with van der Waals surface area (Å²) < 4.78 is 29.1. The normalized spacial score (nSPS) is 23.8. The van der Waals surface area contributed by atoms with Crippen LogP contribution >= 0.6 is 0 Å². The van der Waals surface area contributed by atoms with E-state index >= 15 is 0 Å². The molecule has 3 aromatic rings. The second-order valence-electron chi connectivity index (χ2n) is 8.56. The molecule has 2 unspecified atom stereocenters. The lowest BCUT2D eigenvalue weighted by Gasteiger charge is -2.52. The summed E-state index contributed by atoms with van der Waals surface area (Å²) in [6, 6.07) is 24.4. The first-order valence-corrected chi connectivity index (χ1v) is 12.2. The van der Waals surface area contributed by atoms with Crippen LogP contribution in [0, 0.1) is 6.92 Å². The van der Waals surface area contributed by atoms with Crippen LogP contribution in [0.25, 0.3) is 0 Å².